The van der Waals surface area contributed by atoms with Crippen molar-refractivity contribution < 1.29 is 13.2 Å². The number of aromatic nitrogens is 1. The summed E-state index contributed by atoms with van der Waals surface area (Å²) < 4.78 is 32.6. The molecule has 2 nitrogen and oxygen atoms in total. The van der Waals surface area contributed by atoms with Crippen LogP contribution in [0.25, 0.3) is 33.3 Å². The van der Waals surface area contributed by atoms with Gasteiger partial charge in [0, 0.05) is 23.4 Å². The van der Waals surface area contributed by atoms with Crippen LogP contribution in [0.3, 0.4) is 0 Å². The van der Waals surface area contributed by atoms with Gasteiger partial charge in [-0.25, -0.2) is 13.8 Å². The fourth-order valence-corrected chi connectivity index (χ4v) is 2.92. The first kappa shape index (κ1) is 14.8. The Labute approximate surface area is 137 Å². The lowest BCUT2D eigenvalue weighted by Crippen LogP contribution is -2.06. The second kappa shape index (κ2) is 5.13. The van der Waals surface area contributed by atoms with Gasteiger partial charge in [0.05, 0.1) is 5.69 Å². The van der Waals surface area contributed by atoms with Crippen molar-refractivity contribution in [3.05, 3.63) is 65.7 Å². The Kier molecular flexibility index (Phi) is 3.17. The van der Waals surface area contributed by atoms with Gasteiger partial charge < -0.3 is 4.42 Å². The van der Waals surface area contributed by atoms with Crippen LogP contribution in [0.4, 0.5) is 8.78 Å². The summed E-state index contributed by atoms with van der Waals surface area (Å²) in [5.41, 5.74) is 4.87. The van der Waals surface area contributed by atoms with E-state index in [0.717, 1.165) is 45.8 Å². The second-order valence-electron chi connectivity index (χ2n) is 6.07. The molecule has 4 rings (SSSR count). The molecule has 0 saturated heterocycles. The Bertz CT molecular complexity index is 1040. The smallest absolute Gasteiger partial charge is 0.270 e. The highest BCUT2D eigenvalue weighted by atomic mass is 19.3. The minimum absolute atomic E-state index is 0.00203. The van der Waals surface area contributed by atoms with Gasteiger partial charge in [-0.05, 0) is 30.7 Å². The Morgan fingerprint density at radius 2 is 1.71 bits per heavy atom. The van der Waals surface area contributed by atoms with E-state index in [-0.39, 0.29) is 5.56 Å². The van der Waals surface area contributed by atoms with E-state index in [1.165, 1.54) is 12.1 Å². The van der Waals surface area contributed by atoms with E-state index >= 15 is 0 Å². The highest BCUT2D eigenvalue weighted by Crippen LogP contribution is 2.33. The zero-order valence-electron chi connectivity index (χ0n) is 13.3. The summed E-state index contributed by atoms with van der Waals surface area (Å²) in [6.45, 7) is 2.86. The lowest BCUT2D eigenvalue weighted by atomic mass is 10.0. The maximum atomic E-state index is 13.4. The van der Waals surface area contributed by atoms with E-state index in [9.17, 15) is 8.78 Å². The van der Waals surface area contributed by atoms with Crippen LogP contribution in [0, 0.1) is 6.92 Å². The molecule has 0 N–H and O–H groups in total. The number of nitrogens with zero attached hydrogens (tertiary/aromatic N) is 1. The molecular formula is C20H15F2NO. The highest BCUT2D eigenvalue weighted by molar-refractivity contribution is 6.04. The van der Waals surface area contributed by atoms with Gasteiger partial charge in [-0.1, -0.05) is 36.4 Å². The van der Waals surface area contributed by atoms with Gasteiger partial charge in [-0.3, -0.25) is 0 Å². The summed E-state index contributed by atoms with van der Waals surface area (Å²) in [5, 5.41) is 0.953. The van der Waals surface area contributed by atoms with Crippen molar-refractivity contribution in [2.45, 2.75) is 19.8 Å². The summed E-state index contributed by atoms with van der Waals surface area (Å²) in [5.74, 6) is -2.84. The molecule has 2 heterocycles. The molecule has 4 aromatic rings. The number of fused-ring (bicyclic) bond motifs is 3. The van der Waals surface area contributed by atoms with Crippen molar-refractivity contribution in [1.82, 2.24) is 4.98 Å². The third kappa shape index (κ3) is 2.35. The van der Waals surface area contributed by atoms with Crippen molar-refractivity contribution in [3.8, 4) is 11.3 Å². The summed E-state index contributed by atoms with van der Waals surface area (Å²) >= 11 is 0. The Morgan fingerprint density at radius 1 is 1.00 bits per heavy atom. The van der Waals surface area contributed by atoms with E-state index in [2.05, 4.69) is 0 Å². The third-order valence-corrected chi connectivity index (χ3v) is 4.20. The van der Waals surface area contributed by atoms with E-state index in [4.69, 9.17) is 9.40 Å². The largest absolute Gasteiger partial charge is 0.454 e. The van der Waals surface area contributed by atoms with E-state index in [0.29, 0.717) is 0 Å². The van der Waals surface area contributed by atoms with Crippen LogP contribution in [-0.2, 0) is 5.92 Å². The first-order valence-electron chi connectivity index (χ1n) is 7.71. The van der Waals surface area contributed by atoms with Crippen LogP contribution < -0.4 is 0 Å². The van der Waals surface area contributed by atoms with Crippen LogP contribution in [0.5, 0.6) is 0 Å². The van der Waals surface area contributed by atoms with Gasteiger partial charge in [0.15, 0.2) is 5.58 Å². The molecule has 0 radical (unpaired) electrons. The first-order valence-corrected chi connectivity index (χ1v) is 7.71. The Hall–Kier alpha value is -2.75. The number of para-hydroxylation sites is 1. The number of rotatable bonds is 2. The number of hydrogen-bond acceptors (Lipinski definition) is 2. The second-order valence-corrected chi connectivity index (χ2v) is 6.07. The van der Waals surface area contributed by atoms with Gasteiger partial charge >= 0.3 is 0 Å². The SMILES string of the molecule is Cc1cc(-c2ccc(C(C)(F)F)cc2)nc2c1oc1ccccc12. The van der Waals surface area contributed by atoms with E-state index < -0.39 is 5.92 Å². The average Bonchev–Trinajstić information content (AvgIpc) is 2.94. The summed E-state index contributed by atoms with van der Waals surface area (Å²) in [6, 6.07) is 15.9. The molecule has 2 aromatic carbocycles. The molecule has 0 aliphatic carbocycles. The maximum Gasteiger partial charge on any atom is 0.270 e. The fraction of sp³-hybridized carbons (Fsp3) is 0.150. The summed E-state index contributed by atoms with van der Waals surface area (Å²) in [4.78, 5) is 4.71. The molecule has 0 aliphatic heterocycles. The number of furan rings is 1. The van der Waals surface area contributed by atoms with Gasteiger partial charge in [-0.15, -0.1) is 0 Å². The molecule has 0 fully saturated rings. The monoisotopic (exact) mass is 323 g/mol. The van der Waals surface area contributed by atoms with Crippen LogP contribution in [0.1, 0.15) is 18.1 Å². The highest BCUT2D eigenvalue weighted by Gasteiger charge is 2.23. The molecule has 0 bridgehead atoms. The quantitative estimate of drug-likeness (QED) is 0.447. The zero-order valence-corrected chi connectivity index (χ0v) is 13.3. The number of benzene rings is 2. The number of alkyl halides is 2. The summed E-state index contributed by atoms with van der Waals surface area (Å²) in [7, 11) is 0. The van der Waals surface area contributed by atoms with Crippen LogP contribution in [-0.4, -0.2) is 4.98 Å². The summed E-state index contributed by atoms with van der Waals surface area (Å²) in [6.07, 6.45) is 0. The molecule has 4 heteroatoms. The third-order valence-electron chi connectivity index (χ3n) is 4.20. The van der Waals surface area contributed by atoms with Crippen LogP contribution >= 0.6 is 0 Å². The molecule has 0 unspecified atom stereocenters. The van der Waals surface area contributed by atoms with Crippen molar-refractivity contribution in [2.75, 3.05) is 0 Å². The predicted molar refractivity (Wildman–Crippen MR) is 91.3 cm³/mol. The molecule has 0 amide bonds. The number of hydrogen-bond donors (Lipinski definition) is 0. The average molecular weight is 323 g/mol. The van der Waals surface area contributed by atoms with Gasteiger partial charge in [0.1, 0.15) is 11.1 Å². The molecule has 120 valence electrons. The number of halogens is 2. The molecule has 24 heavy (non-hydrogen) atoms. The molecule has 0 aliphatic rings. The molecule has 0 saturated carbocycles. The molecule has 2 aromatic heterocycles. The zero-order chi connectivity index (χ0) is 16.9. The lowest BCUT2D eigenvalue weighted by molar-refractivity contribution is 0.0175. The predicted octanol–water partition coefficient (Wildman–Crippen LogP) is 6.07. The van der Waals surface area contributed by atoms with Crippen molar-refractivity contribution in [2.24, 2.45) is 0 Å². The minimum atomic E-state index is -2.84. The molecule has 0 spiro atoms. The van der Waals surface area contributed by atoms with E-state index in [1.54, 1.807) is 12.1 Å². The number of pyridine rings is 1. The number of aryl methyl sites for hydroxylation is 1. The minimum Gasteiger partial charge on any atom is -0.454 e. The molecular weight excluding hydrogens is 308 g/mol. The maximum absolute atomic E-state index is 13.4. The van der Waals surface area contributed by atoms with Crippen LogP contribution in [0.2, 0.25) is 0 Å². The molecule has 0 atom stereocenters. The topological polar surface area (TPSA) is 26.0 Å². The fourth-order valence-electron chi connectivity index (χ4n) is 2.92. The Balaban J connectivity index is 1.89. The van der Waals surface area contributed by atoms with Crippen molar-refractivity contribution in [3.63, 3.8) is 0 Å². The standard InChI is InChI=1S/C20H15F2NO/c1-12-11-16(13-7-9-14(10-8-13)20(2,21)22)23-18-15-5-3-4-6-17(15)24-19(12)18/h3-11H,1-2H3. The van der Waals surface area contributed by atoms with Gasteiger partial charge in [0.2, 0.25) is 0 Å². The Morgan fingerprint density at radius 3 is 2.42 bits per heavy atom. The lowest BCUT2D eigenvalue weighted by Gasteiger charge is -2.11. The first-order chi connectivity index (χ1) is 11.4. The van der Waals surface area contributed by atoms with Crippen LogP contribution in [0.15, 0.2) is 59.0 Å². The van der Waals surface area contributed by atoms with Gasteiger partial charge in [0.25, 0.3) is 5.92 Å². The normalized spacial score (nSPS) is 12.2. The van der Waals surface area contributed by atoms with Crippen molar-refractivity contribution >= 4 is 22.1 Å². The van der Waals surface area contributed by atoms with E-state index in [1.807, 2.05) is 37.3 Å². The van der Waals surface area contributed by atoms with Gasteiger partial charge in [-0.2, -0.15) is 0 Å². The van der Waals surface area contributed by atoms with Crippen molar-refractivity contribution in [1.29, 1.82) is 0 Å².